The van der Waals surface area contributed by atoms with Crippen LogP contribution >= 0.6 is 0 Å². The first-order chi connectivity index (χ1) is 10.2. The molecule has 0 aliphatic heterocycles. The maximum atomic E-state index is 11.1. The van der Waals surface area contributed by atoms with Gasteiger partial charge in [0.25, 0.3) is 0 Å². The minimum atomic E-state index is 0.376. The monoisotopic (exact) mass is 280 g/mol. The van der Waals surface area contributed by atoms with Crippen LogP contribution in [0.5, 0.6) is 0 Å². The number of nitrogen functional groups attached to an aromatic ring is 2. The molecule has 0 amide bonds. The number of hydrogen-bond acceptors (Lipinski definition) is 5. The Balaban J connectivity index is 2.13. The number of hydrogen-bond donors (Lipinski definition) is 3. The summed E-state index contributed by atoms with van der Waals surface area (Å²) in [6.07, 6.45) is 3.70. The molecule has 2 rings (SSSR count). The largest absolute Gasteiger partial charge is 0.397 e. The normalized spacial score (nSPS) is 11.5. The van der Waals surface area contributed by atoms with Gasteiger partial charge in [-0.1, -0.05) is 24.3 Å². The molecule has 0 aliphatic rings. The molecule has 0 spiro atoms. The molecule has 5 heteroatoms. The Kier molecular flexibility index (Phi) is 4.71. The van der Waals surface area contributed by atoms with Gasteiger partial charge in [-0.3, -0.25) is 9.79 Å². The zero-order valence-corrected chi connectivity index (χ0v) is 11.4. The molecule has 0 heterocycles. The second-order valence-corrected chi connectivity index (χ2v) is 4.31. The Morgan fingerprint density at radius 2 is 1.67 bits per heavy atom. The molecule has 106 valence electrons. The molecule has 0 unspecified atom stereocenters. The van der Waals surface area contributed by atoms with Crippen molar-refractivity contribution in [1.82, 2.24) is 0 Å². The number of benzene rings is 2. The van der Waals surface area contributed by atoms with Gasteiger partial charge in [-0.2, -0.15) is 0 Å². The highest BCUT2D eigenvalue weighted by atomic mass is 16.1. The predicted octanol–water partition coefficient (Wildman–Crippen LogP) is 2.75. The Hall–Kier alpha value is -3.08. The summed E-state index contributed by atoms with van der Waals surface area (Å²) in [6.45, 7) is 0. The molecular formula is C16H16N4O. The van der Waals surface area contributed by atoms with Crippen molar-refractivity contribution in [3.63, 3.8) is 0 Å². The summed E-state index contributed by atoms with van der Waals surface area (Å²) in [6, 6.07) is 14.5. The van der Waals surface area contributed by atoms with Gasteiger partial charge in [0.2, 0.25) is 0 Å². The van der Waals surface area contributed by atoms with Crippen LogP contribution in [0, 0.1) is 0 Å². The smallest absolute Gasteiger partial charge is 0.153 e. The molecule has 2 aromatic rings. The van der Waals surface area contributed by atoms with Crippen molar-refractivity contribution >= 4 is 35.3 Å². The van der Waals surface area contributed by atoms with E-state index in [0.29, 0.717) is 28.9 Å². The molecule has 5 N–H and O–H groups in total. The Labute approximate surface area is 123 Å². The lowest BCUT2D eigenvalue weighted by molar-refractivity contribution is -0.104. The van der Waals surface area contributed by atoms with Gasteiger partial charge in [0.05, 0.1) is 22.7 Å². The highest BCUT2D eigenvalue weighted by Crippen LogP contribution is 2.20. The van der Waals surface area contributed by atoms with Crippen LogP contribution in [0.2, 0.25) is 0 Å². The molecule has 0 radical (unpaired) electrons. The van der Waals surface area contributed by atoms with Crippen LogP contribution < -0.4 is 16.8 Å². The number of nitrogens with one attached hydrogen (secondary N) is 1. The van der Waals surface area contributed by atoms with E-state index >= 15 is 0 Å². The van der Waals surface area contributed by atoms with E-state index in [0.717, 1.165) is 5.69 Å². The SMILES string of the molecule is Nc1ccccc1N=CC(C=O)=CNc1ccccc1N. The second-order valence-electron chi connectivity index (χ2n) is 4.31. The molecule has 0 saturated carbocycles. The molecule has 0 aliphatic carbocycles. The van der Waals surface area contributed by atoms with Gasteiger partial charge in [0.1, 0.15) is 0 Å². The second kappa shape index (κ2) is 6.91. The van der Waals surface area contributed by atoms with Crippen LogP contribution in [-0.2, 0) is 4.79 Å². The molecular weight excluding hydrogens is 264 g/mol. The van der Waals surface area contributed by atoms with Gasteiger partial charge in [-0.15, -0.1) is 0 Å². The minimum absolute atomic E-state index is 0.376. The highest BCUT2D eigenvalue weighted by molar-refractivity contribution is 6.03. The van der Waals surface area contributed by atoms with Crippen LogP contribution in [0.25, 0.3) is 0 Å². The average molecular weight is 280 g/mol. The summed E-state index contributed by atoms with van der Waals surface area (Å²) in [5.41, 5.74) is 14.5. The van der Waals surface area contributed by atoms with E-state index in [4.69, 9.17) is 11.5 Å². The van der Waals surface area contributed by atoms with Gasteiger partial charge in [0, 0.05) is 18.0 Å². The number of para-hydroxylation sites is 4. The van der Waals surface area contributed by atoms with Gasteiger partial charge >= 0.3 is 0 Å². The van der Waals surface area contributed by atoms with Gasteiger partial charge in [-0.05, 0) is 24.3 Å². The summed E-state index contributed by atoms with van der Waals surface area (Å²) in [5, 5.41) is 2.97. The Morgan fingerprint density at radius 1 is 1.00 bits per heavy atom. The number of carbonyl (C=O) groups is 1. The van der Waals surface area contributed by atoms with Crippen LogP contribution in [-0.4, -0.2) is 12.5 Å². The van der Waals surface area contributed by atoms with Crippen molar-refractivity contribution in [2.75, 3.05) is 16.8 Å². The van der Waals surface area contributed by atoms with Crippen molar-refractivity contribution in [3.8, 4) is 0 Å². The quantitative estimate of drug-likeness (QED) is 0.340. The van der Waals surface area contributed by atoms with Gasteiger partial charge in [-0.25, -0.2) is 0 Å². The molecule has 21 heavy (non-hydrogen) atoms. The van der Waals surface area contributed by atoms with Crippen LogP contribution in [0.15, 0.2) is 65.3 Å². The molecule has 0 atom stereocenters. The minimum Gasteiger partial charge on any atom is -0.397 e. The first-order valence-corrected chi connectivity index (χ1v) is 6.35. The van der Waals surface area contributed by atoms with Crippen LogP contribution in [0.3, 0.4) is 0 Å². The van der Waals surface area contributed by atoms with Crippen molar-refractivity contribution in [2.45, 2.75) is 0 Å². The number of nitrogens with zero attached hydrogens (tertiary/aromatic N) is 1. The molecule has 2 aromatic carbocycles. The van der Waals surface area contributed by atoms with E-state index < -0.39 is 0 Å². The van der Waals surface area contributed by atoms with E-state index in [2.05, 4.69) is 10.3 Å². The summed E-state index contributed by atoms with van der Waals surface area (Å²) < 4.78 is 0. The van der Waals surface area contributed by atoms with Crippen LogP contribution in [0.1, 0.15) is 0 Å². The first-order valence-electron chi connectivity index (χ1n) is 6.35. The number of allylic oxidation sites excluding steroid dienone is 1. The summed E-state index contributed by atoms with van der Waals surface area (Å²) in [5.74, 6) is 0. The molecule has 5 nitrogen and oxygen atoms in total. The third-order valence-electron chi connectivity index (χ3n) is 2.78. The fourth-order valence-corrected chi connectivity index (χ4v) is 1.64. The molecule has 0 fully saturated rings. The fraction of sp³-hybridized carbons (Fsp3) is 0. The Bertz CT molecular complexity index is 692. The van der Waals surface area contributed by atoms with Gasteiger partial charge < -0.3 is 16.8 Å². The van der Waals surface area contributed by atoms with E-state index in [1.165, 1.54) is 6.21 Å². The zero-order chi connectivity index (χ0) is 15.1. The summed E-state index contributed by atoms with van der Waals surface area (Å²) in [4.78, 5) is 15.2. The fourth-order valence-electron chi connectivity index (χ4n) is 1.64. The lowest BCUT2D eigenvalue weighted by Gasteiger charge is -2.04. The highest BCUT2D eigenvalue weighted by Gasteiger charge is 1.97. The lowest BCUT2D eigenvalue weighted by atomic mass is 10.2. The average Bonchev–Trinajstić information content (AvgIpc) is 2.50. The maximum absolute atomic E-state index is 11.1. The van der Waals surface area contributed by atoms with E-state index in [1.807, 2.05) is 30.3 Å². The van der Waals surface area contributed by atoms with Gasteiger partial charge in [0.15, 0.2) is 6.29 Å². The number of rotatable bonds is 5. The van der Waals surface area contributed by atoms with Crippen molar-refractivity contribution in [2.24, 2.45) is 4.99 Å². The molecule has 0 saturated heterocycles. The third-order valence-corrected chi connectivity index (χ3v) is 2.78. The topological polar surface area (TPSA) is 93.5 Å². The lowest BCUT2D eigenvalue weighted by Crippen LogP contribution is -1.97. The maximum Gasteiger partial charge on any atom is 0.153 e. The molecule has 0 bridgehead atoms. The van der Waals surface area contributed by atoms with E-state index in [-0.39, 0.29) is 0 Å². The zero-order valence-electron chi connectivity index (χ0n) is 11.4. The van der Waals surface area contributed by atoms with E-state index in [1.54, 1.807) is 24.4 Å². The number of aliphatic imine (C=N–C) groups is 1. The number of carbonyl (C=O) groups excluding carboxylic acids is 1. The predicted molar refractivity (Wildman–Crippen MR) is 87.6 cm³/mol. The number of aldehydes is 1. The molecule has 0 aromatic heterocycles. The van der Waals surface area contributed by atoms with Crippen molar-refractivity contribution in [1.29, 1.82) is 0 Å². The van der Waals surface area contributed by atoms with Crippen molar-refractivity contribution < 1.29 is 4.79 Å². The Morgan fingerprint density at radius 3 is 2.33 bits per heavy atom. The number of nitrogens with two attached hydrogens (primary N) is 2. The first kappa shape index (κ1) is 14.3. The summed E-state index contributed by atoms with van der Waals surface area (Å²) in [7, 11) is 0. The number of anilines is 3. The summed E-state index contributed by atoms with van der Waals surface area (Å²) >= 11 is 0. The standard InChI is InChI=1S/C16H16N4O/c17-13-5-1-3-7-15(13)19-9-12(11-21)10-20-16-8-4-2-6-14(16)18/h1-11,19H,17-18H2. The van der Waals surface area contributed by atoms with Crippen LogP contribution in [0.4, 0.5) is 22.7 Å². The van der Waals surface area contributed by atoms with E-state index in [9.17, 15) is 4.79 Å². The third kappa shape index (κ3) is 3.94. The van der Waals surface area contributed by atoms with Crippen molar-refractivity contribution in [3.05, 3.63) is 60.3 Å².